The molecular formula is C17H23F3O8. The average Bonchev–Trinajstić information content (AvgIpc) is 2.56. The van der Waals surface area contributed by atoms with E-state index in [1.807, 2.05) is 0 Å². The highest BCUT2D eigenvalue weighted by Crippen LogP contribution is 2.18. The average molecular weight is 412 g/mol. The molecule has 0 amide bonds. The molecular weight excluding hydrogens is 389 g/mol. The third kappa shape index (κ3) is 18.0. The molecule has 160 valence electrons. The lowest BCUT2D eigenvalue weighted by Gasteiger charge is -2.07. The monoisotopic (exact) mass is 412 g/mol. The molecule has 0 aliphatic carbocycles. The fraction of sp³-hybridized carbons (Fsp3) is 0.529. The first kappa shape index (κ1) is 27.4. The number of ether oxygens (including phenoxy) is 4. The first-order chi connectivity index (χ1) is 12.8. The number of rotatable bonds is 9. The maximum absolute atomic E-state index is 11.6. The summed E-state index contributed by atoms with van der Waals surface area (Å²) in [5.74, 6) is -2.96. The zero-order valence-electron chi connectivity index (χ0n) is 15.8. The molecule has 0 aliphatic heterocycles. The molecule has 0 heterocycles. The molecule has 8 nitrogen and oxygen atoms in total. The number of hydrogen-bond acceptors (Lipinski definition) is 8. The van der Waals surface area contributed by atoms with E-state index in [9.17, 15) is 32.3 Å². The van der Waals surface area contributed by atoms with E-state index in [0.717, 1.165) is 0 Å². The van der Waals surface area contributed by atoms with E-state index in [2.05, 4.69) is 32.1 Å². The lowest BCUT2D eigenvalue weighted by Crippen LogP contribution is -2.19. The van der Waals surface area contributed by atoms with Crippen LogP contribution in [0, 0.1) is 0 Å². The lowest BCUT2D eigenvalue weighted by atomic mass is 10.4. The quantitative estimate of drug-likeness (QED) is 0.323. The molecule has 0 bridgehead atoms. The smallest absolute Gasteiger partial charge is 0.392 e. The summed E-state index contributed by atoms with van der Waals surface area (Å²) in [6, 6.07) is 0. The van der Waals surface area contributed by atoms with Crippen molar-refractivity contribution in [3.05, 3.63) is 24.3 Å². The van der Waals surface area contributed by atoms with Crippen molar-refractivity contribution in [3.63, 3.8) is 0 Å². The molecule has 0 radical (unpaired) electrons. The Labute approximate surface area is 160 Å². The predicted molar refractivity (Wildman–Crippen MR) is 89.8 cm³/mol. The van der Waals surface area contributed by atoms with Crippen molar-refractivity contribution in [3.8, 4) is 0 Å². The number of alkyl halides is 3. The zero-order valence-corrected chi connectivity index (χ0v) is 15.8. The van der Waals surface area contributed by atoms with Crippen molar-refractivity contribution in [2.24, 2.45) is 0 Å². The molecule has 0 fully saturated rings. The standard InChI is InChI=1S/C9H11F3O4.C8H12O4/c1-6(2)8(14)16-5-7(13)15-4-3-9(10,11)12;1-4-11-7(9)5-12-8(10)6(2)3/h1,3-5H2,2H3;2,4-5H2,1,3H3. The Bertz CT molecular complexity index is 581. The van der Waals surface area contributed by atoms with E-state index in [-0.39, 0.29) is 24.4 Å². The summed E-state index contributed by atoms with van der Waals surface area (Å²) >= 11 is 0. The Morgan fingerprint density at radius 2 is 1.18 bits per heavy atom. The van der Waals surface area contributed by atoms with Gasteiger partial charge in [0, 0.05) is 11.1 Å². The van der Waals surface area contributed by atoms with E-state index in [0.29, 0.717) is 0 Å². The summed E-state index contributed by atoms with van der Waals surface area (Å²) < 4.78 is 52.5. The van der Waals surface area contributed by atoms with Crippen molar-refractivity contribution in [1.82, 2.24) is 0 Å². The van der Waals surface area contributed by atoms with Crippen molar-refractivity contribution in [2.45, 2.75) is 33.4 Å². The highest BCUT2D eigenvalue weighted by molar-refractivity contribution is 5.89. The Morgan fingerprint density at radius 3 is 1.50 bits per heavy atom. The van der Waals surface area contributed by atoms with Crippen LogP contribution < -0.4 is 0 Å². The van der Waals surface area contributed by atoms with E-state index in [4.69, 9.17) is 0 Å². The number of carbonyl (C=O) groups excluding carboxylic acids is 4. The van der Waals surface area contributed by atoms with Gasteiger partial charge in [0.15, 0.2) is 13.2 Å². The highest BCUT2D eigenvalue weighted by Gasteiger charge is 2.27. The molecule has 11 heteroatoms. The molecule has 0 N–H and O–H groups in total. The van der Waals surface area contributed by atoms with Crippen molar-refractivity contribution in [2.75, 3.05) is 26.4 Å². The van der Waals surface area contributed by atoms with Gasteiger partial charge < -0.3 is 18.9 Å². The Morgan fingerprint density at radius 1 is 0.786 bits per heavy atom. The number of hydrogen-bond donors (Lipinski definition) is 0. The molecule has 0 spiro atoms. The van der Waals surface area contributed by atoms with Crippen LogP contribution in [-0.4, -0.2) is 56.5 Å². The van der Waals surface area contributed by atoms with Gasteiger partial charge in [-0.05, 0) is 20.8 Å². The molecule has 0 saturated carbocycles. The summed E-state index contributed by atoms with van der Waals surface area (Å²) in [6.07, 6.45) is -5.61. The van der Waals surface area contributed by atoms with Gasteiger partial charge in [0.05, 0.1) is 13.0 Å². The van der Waals surface area contributed by atoms with Crippen LogP contribution in [0.2, 0.25) is 0 Å². The number of esters is 4. The number of carbonyl (C=O) groups is 4. The van der Waals surface area contributed by atoms with Gasteiger partial charge in [-0.25, -0.2) is 19.2 Å². The summed E-state index contributed by atoms with van der Waals surface area (Å²) in [5, 5.41) is 0. The fourth-order valence-electron chi connectivity index (χ4n) is 1.02. The van der Waals surface area contributed by atoms with Crippen LogP contribution in [0.3, 0.4) is 0 Å². The SMILES string of the molecule is C=C(C)C(=O)OCC(=O)OCC.C=C(C)C(=O)OCC(=O)OCCC(F)(F)F. The normalized spacial score (nSPS) is 9.93. The van der Waals surface area contributed by atoms with Gasteiger partial charge >= 0.3 is 30.1 Å². The molecule has 0 unspecified atom stereocenters. The third-order valence-corrected chi connectivity index (χ3v) is 2.29. The molecule has 0 atom stereocenters. The second kappa shape index (κ2) is 14.2. The van der Waals surface area contributed by atoms with Crippen molar-refractivity contribution >= 4 is 23.9 Å². The highest BCUT2D eigenvalue weighted by atomic mass is 19.4. The van der Waals surface area contributed by atoms with Gasteiger partial charge in [-0.15, -0.1) is 0 Å². The van der Waals surface area contributed by atoms with E-state index < -0.39 is 49.7 Å². The first-order valence-electron chi connectivity index (χ1n) is 7.83. The predicted octanol–water partition coefficient (Wildman–Crippen LogP) is 2.27. The maximum Gasteiger partial charge on any atom is 0.392 e. The summed E-state index contributed by atoms with van der Waals surface area (Å²) in [4.78, 5) is 42.9. The maximum atomic E-state index is 11.6. The molecule has 0 aromatic rings. The van der Waals surface area contributed by atoms with Gasteiger partial charge in [0.1, 0.15) is 6.61 Å². The van der Waals surface area contributed by atoms with E-state index >= 15 is 0 Å². The van der Waals surface area contributed by atoms with Crippen LogP contribution in [0.25, 0.3) is 0 Å². The van der Waals surface area contributed by atoms with Crippen molar-refractivity contribution < 1.29 is 51.3 Å². The van der Waals surface area contributed by atoms with E-state index in [1.165, 1.54) is 13.8 Å². The van der Waals surface area contributed by atoms with Crippen LogP contribution in [-0.2, 0) is 38.1 Å². The van der Waals surface area contributed by atoms with Gasteiger partial charge in [-0.3, -0.25) is 0 Å². The summed E-state index contributed by atoms with van der Waals surface area (Å²) in [6.45, 7) is 9.59. The van der Waals surface area contributed by atoms with Crippen LogP contribution in [0.15, 0.2) is 24.3 Å². The van der Waals surface area contributed by atoms with E-state index in [1.54, 1.807) is 6.92 Å². The first-order valence-corrected chi connectivity index (χ1v) is 7.83. The molecule has 0 aliphatic rings. The van der Waals surface area contributed by atoms with Crippen LogP contribution in [0.4, 0.5) is 13.2 Å². The Hall–Kier alpha value is -2.85. The van der Waals surface area contributed by atoms with Gasteiger partial charge in [0.25, 0.3) is 0 Å². The van der Waals surface area contributed by atoms with Crippen LogP contribution in [0.5, 0.6) is 0 Å². The molecule has 0 aromatic heterocycles. The minimum Gasteiger partial charge on any atom is -0.463 e. The molecule has 0 rings (SSSR count). The van der Waals surface area contributed by atoms with Crippen LogP contribution in [0.1, 0.15) is 27.2 Å². The second-order valence-electron chi connectivity index (χ2n) is 5.10. The van der Waals surface area contributed by atoms with Crippen molar-refractivity contribution in [1.29, 1.82) is 0 Å². The molecule has 0 saturated heterocycles. The zero-order chi connectivity index (χ0) is 22.3. The lowest BCUT2D eigenvalue weighted by molar-refractivity contribution is -0.165. The topological polar surface area (TPSA) is 105 Å². The van der Waals surface area contributed by atoms with Gasteiger partial charge in [0.2, 0.25) is 0 Å². The fourth-order valence-corrected chi connectivity index (χ4v) is 1.02. The third-order valence-electron chi connectivity index (χ3n) is 2.29. The van der Waals surface area contributed by atoms with Gasteiger partial charge in [-0.2, -0.15) is 13.2 Å². The minimum atomic E-state index is -4.38. The van der Waals surface area contributed by atoms with Gasteiger partial charge in [-0.1, -0.05) is 13.2 Å². The minimum absolute atomic E-state index is 0.0862. The van der Waals surface area contributed by atoms with Crippen LogP contribution >= 0.6 is 0 Å². The largest absolute Gasteiger partial charge is 0.463 e. The molecule has 28 heavy (non-hydrogen) atoms. The molecule has 0 aromatic carbocycles. The Balaban J connectivity index is 0. The summed E-state index contributed by atoms with van der Waals surface area (Å²) in [5.41, 5.74) is 0.349. The summed E-state index contributed by atoms with van der Waals surface area (Å²) in [7, 11) is 0. The Kier molecular flexibility index (Phi) is 13.9. The second-order valence-corrected chi connectivity index (χ2v) is 5.10. The number of halogens is 3.